The zero-order valence-corrected chi connectivity index (χ0v) is 49.0. The number of nitrogens with one attached hydrogen (secondary N) is 7. The summed E-state index contributed by atoms with van der Waals surface area (Å²) in [6, 6.07) is 23.4. The van der Waals surface area contributed by atoms with Crippen LogP contribution in [0.4, 0.5) is 0 Å². The molecule has 1 saturated heterocycles. The average Bonchev–Trinajstić information content (AvgIpc) is 4.14. The molecule has 17 heteroatoms. The lowest BCUT2D eigenvalue weighted by Crippen LogP contribution is -2.62. The van der Waals surface area contributed by atoms with E-state index < -0.39 is 59.0 Å². The van der Waals surface area contributed by atoms with Gasteiger partial charge in [-0.15, -0.1) is 0 Å². The van der Waals surface area contributed by atoms with Gasteiger partial charge in [0.2, 0.25) is 35.4 Å². The minimum Gasteiger partial charge on any atom is -0.489 e. The highest BCUT2D eigenvalue weighted by molar-refractivity contribution is 5.97. The molecule has 0 aromatic heterocycles. The lowest BCUT2D eigenvalue weighted by molar-refractivity contribution is -0.147. The van der Waals surface area contributed by atoms with Gasteiger partial charge < -0.3 is 51.8 Å². The number of rotatable bonds is 18. The third-order valence-corrected chi connectivity index (χ3v) is 16.6. The summed E-state index contributed by atoms with van der Waals surface area (Å²) in [6.07, 6.45) is 5.73. The molecule has 2 aliphatic heterocycles. The minimum absolute atomic E-state index is 0.0691. The molecule has 8 rings (SSSR count). The first-order chi connectivity index (χ1) is 38.5. The van der Waals surface area contributed by atoms with Crippen molar-refractivity contribution >= 4 is 41.4 Å². The number of hydrogen-bond acceptors (Lipinski definition) is 10. The number of hydrogen-bond donors (Lipinski definition) is 7. The van der Waals surface area contributed by atoms with Gasteiger partial charge in [-0.25, -0.2) is 0 Å². The van der Waals surface area contributed by atoms with Crippen LogP contribution in [-0.2, 0) is 61.2 Å². The Hall–Kier alpha value is -7.11. The molecule has 434 valence electrons. The molecule has 9 atom stereocenters. The molecule has 1 fully saturated rings. The molecule has 2 heterocycles. The molecule has 2 unspecified atom stereocenters. The Morgan fingerprint density at radius 1 is 0.630 bits per heavy atom. The second kappa shape index (κ2) is 25.8. The maximum atomic E-state index is 14.9. The molecule has 0 bridgehead atoms. The fourth-order valence-electron chi connectivity index (χ4n) is 11.8. The molecular weight excluding hydrogens is 1020 g/mol. The Morgan fingerprint density at radius 3 is 1.73 bits per heavy atom. The first-order valence-electron chi connectivity index (χ1n) is 29.1. The van der Waals surface area contributed by atoms with E-state index in [9.17, 15) is 33.6 Å². The summed E-state index contributed by atoms with van der Waals surface area (Å²) >= 11 is 0. The number of fused-ring (bicyclic) bond motifs is 3. The number of likely N-dealkylation sites (N-methyl/N-ethyl adjacent to an activating group) is 2. The van der Waals surface area contributed by atoms with Gasteiger partial charge in [0.15, 0.2) is 0 Å². The molecule has 7 amide bonds. The summed E-state index contributed by atoms with van der Waals surface area (Å²) in [4.78, 5) is 102. The van der Waals surface area contributed by atoms with E-state index in [1.807, 2.05) is 109 Å². The highest BCUT2D eigenvalue weighted by Crippen LogP contribution is 2.35. The van der Waals surface area contributed by atoms with Gasteiger partial charge in [-0.2, -0.15) is 0 Å². The second-order valence-electron chi connectivity index (χ2n) is 24.7. The molecule has 2 aliphatic carbocycles. The smallest absolute Gasteiger partial charge is 0.251 e. The Morgan fingerprint density at radius 2 is 1.17 bits per heavy atom. The number of likely N-dealkylation sites (tertiary alicyclic amines) is 1. The number of amides is 7. The fraction of sp³-hybridized carbons (Fsp3) is 0.516. The Kier molecular flexibility index (Phi) is 19.1. The molecule has 0 spiro atoms. The summed E-state index contributed by atoms with van der Waals surface area (Å²) in [7, 11) is 1.67. The molecule has 0 saturated carbocycles. The van der Waals surface area contributed by atoms with Crippen molar-refractivity contribution in [1.29, 1.82) is 0 Å². The zero-order valence-electron chi connectivity index (χ0n) is 49.0. The number of nitrogens with zero attached hydrogens (tertiary/aromatic N) is 2. The number of ether oxygens (including phenoxy) is 1. The molecule has 81 heavy (non-hydrogen) atoms. The van der Waals surface area contributed by atoms with Crippen LogP contribution in [0.5, 0.6) is 5.75 Å². The van der Waals surface area contributed by atoms with Crippen LogP contribution < -0.4 is 42.0 Å². The van der Waals surface area contributed by atoms with E-state index in [0.29, 0.717) is 17.9 Å². The van der Waals surface area contributed by atoms with Gasteiger partial charge >= 0.3 is 0 Å². The van der Waals surface area contributed by atoms with Gasteiger partial charge in [0.25, 0.3) is 5.91 Å². The van der Waals surface area contributed by atoms with Crippen molar-refractivity contribution in [3.63, 3.8) is 0 Å². The number of benzene rings is 4. The Labute approximate surface area is 478 Å². The summed E-state index contributed by atoms with van der Waals surface area (Å²) in [6.45, 7) is 17.7. The number of carbonyl (C=O) groups excluding carboxylic acids is 7. The van der Waals surface area contributed by atoms with Gasteiger partial charge in [-0.3, -0.25) is 33.6 Å². The first-order valence-corrected chi connectivity index (χ1v) is 29.1. The maximum Gasteiger partial charge on any atom is 0.251 e. The van der Waals surface area contributed by atoms with Gasteiger partial charge in [0, 0.05) is 31.1 Å². The highest BCUT2D eigenvalue weighted by Gasteiger charge is 2.47. The van der Waals surface area contributed by atoms with Crippen molar-refractivity contribution in [3.05, 3.63) is 136 Å². The quantitative estimate of drug-likeness (QED) is 0.0592. The monoisotopic (exact) mass is 1110 g/mol. The second-order valence-corrected chi connectivity index (χ2v) is 24.7. The van der Waals surface area contributed by atoms with Crippen LogP contribution in [0.25, 0.3) is 0 Å². The highest BCUT2D eigenvalue weighted by atomic mass is 16.5. The maximum absolute atomic E-state index is 14.9. The molecule has 7 N–H and O–H groups in total. The lowest BCUT2D eigenvalue weighted by Gasteiger charge is -2.42. The van der Waals surface area contributed by atoms with Crippen LogP contribution in [0, 0.1) is 10.8 Å². The van der Waals surface area contributed by atoms with Crippen molar-refractivity contribution in [3.8, 4) is 5.75 Å². The predicted molar refractivity (Wildman–Crippen MR) is 312 cm³/mol. The molecule has 4 aromatic carbocycles. The standard InChI is InChI=1S/C64H85N9O8/c1-11-66-39(3)57(75)71-54(63(4,5)6)61(79)72-35-45-32-47(31-30-44(45)33-52(72)59(77)68-50-24-16-20-41-18-12-14-22-48(41)50)81-37-40-26-28-43(29-27-40)58(76)67-46-34-53(60(78)69-51-25-17-21-42-19-13-15-23-49(42)51)73(36-46)62(80)55(64(7,8)9)70-56(74)38(2)65-10/h12-15,18-19,22-23,26-32,38-39,46,50-55,65-66H,11,16-17,20-21,24-25,33-37H2,1-10H3,(H,67,76)(H,68,77)(H,69,78)(H,70,74)(H,71,75)/t38-,39-,46-,50+,51+,52-,53-,54?,55?/m0/s1. The van der Waals surface area contributed by atoms with E-state index in [1.165, 1.54) is 16.0 Å². The fourth-order valence-corrected chi connectivity index (χ4v) is 11.8. The van der Waals surface area contributed by atoms with Gasteiger partial charge in [0.05, 0.1) is 24.2 Å². The van der Waals surface area contributed by atoms with Crippen molar-refractivity contribution < 1.29 is 38.3 Å². The topological polar surface area (TPSA) is 219 Å². The minimum atomic E-state index is -0.948. The average molecular weight is 1110 g/mol. The van der Waals surface area contributed by atoms with Gasteiger partial charge in [-0.05, 0) is 146 Å². The van der Waals surface area contributed by atoms with Crippen molar-refractivity contribution in [2.75, 3.05) is 20.1 Å². The van der Waals surface area contributed by atoms with Gasteiger partial charge in [-0.1, -0.05) is 115 Å². The van der Waals surface area contributed by atoms with Crippen LogP contribution in [0.3, 0.4) is 0 Å². The van der Waals surface area contributed by atoms with Crippen LogP contribution in [0.2, 0.25) is 0 Å². The normalized spacial score (nSPS) is 21.1. The first kappa shape index (κ1) is 60.0. The third-order valence-electron chi connectivity index (χ3n) is 16.6. The van der Waals surface area contributed by atoms with Crippen LogP contribution in [-0.4, -0.2) is 114 Å². The van der Waals surface area contributed by atoms with E-state index in [0.717, 1.165) is 66.3 Å². The summed E-state index contributed by atoms with van der Waals surface area (Å²) < 4.78 is 6.35. The van der Waals surface area contributed by atoms with Crippen LogP contribution in [0.1, 0.15) is 156 Å². The van der Waals surface area contributed by atoms with E-state index in [1.54, 1.807) is 37.9 Å². The largest absolute Gasteiger partial charge is 0.489 e. The molecule has 4 aliphatic rings. The molecule has 17 nitrogen and oxygen atoms in total. The zero-order chi connectivity index (χ0) is 58.3. The summed E-state index contributed by atoms with van der Waals surface area (Å²) in [5, 5.41) is 21.7. The number of aryl methyl sites for hydroxylation is 2. The molecule has 4 aromatic rings. The summed E-state index contributed by atoms with van der Waals surface area (Å²) in [5.41, 5.74) is 6.09. The van der Waals surface area contributed by atoms with Crippen molar-refractivity contribution in [2.24, 2.45) is 10.8 Å². The van der Waals surface area contributed by atoms with Crippen molar-refractivity contribution in [2.45, 2.75) is 181 Å². The molecular formula is C64H85N9O8. The Balaban J connectivity index is 0.957. The molecule has 0 radical (unpaired) electrons. The predicted octanol–water partition coefficient (Wildman–Crippen LogP) is 6.27. The number of carbonyl (C=O) groups is 7. The van der Waals surface area contributed by atoms with Gasteiger partial charge in [0.1, 0.15) is 36.5 Å². The lowest BCUT2D eigenvalue weighted by atomic mass is 9.83. The Bertz CT molecular complexity index is 2950. The van der Waals surface area contributed by atoms with Crippen molar-refractivity contribution in [1.82, 2.24) is 47.0 Å². The van der Waals surface area contributed by atoms with E-state index in [4.69, 9.17) is 4.74 Å². The van der Waals surface area contributed by atoms with Crippen LogP contribution in [0.15, 0.2) is 91.0 Å². The van der Waals surface area contributed by atoms with E-state index in [-0.39, 0.29) is 80.1 Å². The van der Waals surface area contributed by atoms with Crippen LogP contribution >= 0.6 is 0 Å². The van der Waals surface area contributed by atoms with E-state index >= 15 is 0 Å². The third kappa shape index (κ3) is 14.3. The SMILES string of the molecule is CCN[C@@H](C)C(=O)NC(C(=O)N1Cc2cc(OCc3ccc(C(=O)N[C@H]4C[C@@H](C(=O)N[C@@H]5CCCc6ccccc65)N(C(=O)C(NC(=O)[C@H](C)NC)C(C)(C)C)C4)cc3)ccc2C[C@H]1C(=O)N[C@@H]1CCCc2ccccc21)C(C)(C)C. The summed E-state index contributed by atoms with van der Waals surface area (Å²) in [5.74, 6) is -1.74. The van der Waals surface area contributed by atoms with E-state index in [2.05, 4.69) is 55.4 Å².